The summed E-state index contributed by atoms with van der Waals surface area (Å²) in [5, 5.41) is 0. The van der Waals surface area contributed by atoms with Crippen LogP contribution in [0.4, 0.5) is 0 Å². The highest BCUT2D eigenvalue weighted by Gasteiger charge is 2.59. The fourth-order valence-corrected chi connectivity index (χ4v) is 6.43. The van der Waals surface area contributed by atoms with Gasteiger partial charge in [-0.1, -0.05) is 30.3 Å². The molecule has 1 saturated carbocycles. The van der Waals surface area contributed by atoms with Gasteiger partial charge in [0.1, 0.15) is 0 Å². The zero-order valence-corrected chi connectivity index (χ0v) is 17.2. The van der Waals surface area contributed by atoms with Gasteiger partial charge in [0.2, 0.25) is 0 Å². The molecular formula is C25H29N3O. The van der Waals surface area contributed by atoms with Gasteiger partial charge in [-0.3, -0.25) is 9.47 Å². The Bertz CT molecular complexity index is 1130. The number of piperidine rings is 1. The highest BCUT2D eigenvalue weighted by Crippen LogP contribution is 2.58. The van der Waals surface area contributed by atoms with Gasteiger partial charge in [0.05, 0.1) is 11.0 Å². The van der Waals surface area contributed by atoms with Gasteiger partial charge in [-0.05, 0) is 74.3 Å². The van der Waals surface area contributed by atoms with Crippen LogP contribution in [0.25, 0.3) is 11.0 Å². The van der Waals surface area contributed by atoms with Crippen molar-refractivity contribution in [3.8, 4) is 0 Å². The minimum Gasteiger partial charge on any atom is -0.306 e. The number of fused-ring (bicyclic) bond motifs is 3. The van der Waals surface area contributed by atoms with Gasteiger partial charge in [-0.25, -0.2) is 4.79 Å². The fourth-order valence-electron chi connectivity index (χ4n) is 6.43. The number of hydrogen-bond acceptors (Lipinski definition) is 2. The number of imidazole rings is 1. The monoisotopic (exact) mass is 387 g/mol. The van der Waals surface area contributed by atoms with E-state index in [0.717, 1.165) is 37.0 Å². The Hall–Kier alpha value is -2.33. The molecule has 1 aliphatic heterocycles. The summed E-state index contributed by atoms with van der Waals surface area (Å²) in [6.07, 6.45) is 7.37. The van der Waals surface area contributed by atoms with Crippen molar-refractivity contribution in [2.75, 3.05) is 13.1 Å². The van der Waals surface area contributed by atoms with E-state index < -0.39 is 0 Å². The molecule has 1 spiro atoms. The topological polar surface area (TPSA) is 41.0 Å². The van der Waals surface area contributed by atoms with E-state index in [1.165, 1.54) is 31.2 Å². The maximum atomic E-state index is 12.6. The molecule has 1 aromatic heterocycles. The van der Waals surface area contributed by atoms with Crippen LogP contribution in [0.1, 0.15) is 54.8 Å². The molecule has 0 bridgehead atoms. The first-order chi connectivity index (χ1) is 14.2. The van der Waals surface area contributed by atoms with Crippen molar-refractivity contribution in [1.29, 1.82) is 0 Å². The van der Waals surface area contributed by atoms with Crippen molar-refractivity contribution in [2.45, 2.75) is 62.9 Å². The highest BCUT2D eigenvalue weighted by atomic mass is 16.1. The van der Waals surface area contributed by atoms with Crippen LogP contribution < -0.4 is 5.69 Å². The molecule has 2 heterocycles. The second-order valence-corrected chi connectivity index (χ2v) is 9.42. The lowest BCUT2D eigenvalue weighted by atomic mass is 9.78. The average molecular weight is 388 g/mol. The Morgan fingerprint density at radius 3 is 2.76 bits per heavy atom. The first-order valence-corrected chi connectivity index (χ1v) is 11.2. The van der Waals surface area contributed by atoms with Crippen molar-refractivity contribution in [2.24, 2.45) is 0 Å². The van der Waals surface area contributed by atoms with Crippen molar-refractivity contribution in [3.05, 3.63) is 69.6 Å². The molecule has 1 saturated heterocycles. The Balaban J connectivity index is 1.22. The van der Waals surface area contributed by atoms with E-state index in [1.54, 1.807) is 11.1 Å². The quantitative estimate of drug-likeness (QED) is 0.711. The molecule has 2 aliphatic carbocycles. The normalized spacial score (nSPS) is 27.4. The molecule has 150 valence electrons. The minimum absolute atomic E-state index is 0.0456. The van der Waals surface area contributed by atoms with Crippen LogP contribution in [0.2, 0.25) is 0 Å². The second kappa shape index (κ2) is 6.33. The first-order valence-electron chi connectivity index (χ1n) is 11.2. The van der Waals surface area contributed by atoms with E-state index in [-0.39, 0.29) is 5.69 Å². The Kier molecular flexibility index (Phi) is 3.83. The van der Waals surface area contributed by atoms with Gasteiger partial charge in [-0.2, -0.15) is 0 Å². The third kappa shape index (κ3) is 2.58. The third-order valence-electron chi connectivity index (χ3n) is 7.96. The number of nitrogens with one attached hydrogen (secondary N) is 1. The molecule has 29 heavy (non-hydrogen) atoms. The molecule has 1 unspecified atom stereocenters. The summed E-state index contributed by atoms with van der Waals surface area (Å²) >= 11 is 0. The molecule has 2 fully saturated rings. The number of benzene rings is 2. The van der Waals surface area contributed by atoms with Crippen LogP contribution in [0, 0.1) is 6.92 Å². The molecule has 3 aliphatic rings. The number of aromatic nitrogens is 2. The average Bonchev–Trinajstić information content (AvgIpc) is 3.34. The van der Waals surface area contributed by atoms with Crippen LogP contribution in [-0.2, 0) is 11.8 Å². The summed E-state index contributed by atoms with van der Waals surface area (Å²) < 4.78 is 2.01. The molecule has 4 nitrogen and oxygen atoms in total. The van der Waals surface area contributed by atoms with Crippen molar-refractivity contribution >= 4 is 11.0 Å². The van der Waals surface area contributed by atoms with E-state index >= 15 is 0 Å². The number of aromatic amines is 1. The molecule has 2 aromatic carbocycles. The van der Waals surface area contributed by atoms with Crippen LogP contribution in [0.15, 0.2) is 47.3 Å². The Labute approximate surface area is 171 Å². The fraction of sp³-hybridized carbons (Fsp3) is 0.480. The van der Waals surface area contributed by atoms with Gasteiger partial charge in [0, 0.05) is 30.6 Å². The van der Waals surface area contributed by atoms with Crippen LogP contribution in [0.3, 0.4) is 0 Å². The van der Waals surface area contributed by atoms with Crippen LogP contribution >= 0.6 is 0 Å². The number of rotatable bonds is 2. The standard InChI is InChI=1S/C25H29N3O/c1-17-6-4-8-20-19(17)7-5-13-25(20)16-23(25)27-14-11-18(12-15-27)28-22-10-3-2-9-21(22)26-24(28)29/h2-4,6,8-10,18,23H,5,7,11-16H2,1H3,(H,26,29)/t23?,25-/m1/s1. The summed E-state index contributed by atoms with van der Waals surface area (Å²) in [5.74, 6) is 0. The lowest BCUT2D eigenvalue weighted by Gasteiger charge is -2.36. The molecule has 0 amide bonds. The lowest BCUT2D eigenvalue weighted by molar-refractivity contribution is 0.165. The Morgan fingerprint density at radius 1 is 1.07 bits per heavy atom. The zero-order valence-electron chi connectivity index (χ0n) is 17.2. The molecule has 3 aromatic rings. The molecule has 0 radical (unpaired) electrons. The van der Waals surface area contributed by atoms with Crippen LogP contribution in [-0.4, -0.2) is 33.6 Å². The van der Waals surface area contributed by atoms with Gasteiger partial charge in [-0.15, -0.1) is 0 Å². The predicted octanol–water partition coefficient (Wildman–Crippen LogP) is 4.32. The minimum atomic E-state index is 0.0456. The maximum Gasteiger partial charge on any atom is 0.326 e. The van der Waals surface area contributed by atoms with E-state index in [0.29, 0.717) is 17.5 Å². The number of hydrogen-bond donors (Lipinski definition) is 1. The van der Waals surface area contributed by atoms with E-state index in [1.807, 2.05) is 22.8 Å². The van der Waals surface area contributed by atoms with Crippen molar-refractivity contribution < 1.29 is 0 Å². The molecule has 6 rings (SSSR count). The molecule has 4 heteroatoms. The SMILES string of the molecule is Cc1cccc2c1CCC[C@@]21CC1N1CCC(n2c(=O)[nH]c3ccccc32)CC1. The molecule has 2 atom stereocenters. The zero-order chi connectivity index (χ0) is 19.6. The van der Waals surface area contributed by atoms with E-state index in [4.69, 9.17) is 0 Å². The number of H-pyrrole nitrogens is 1. The largest absolute Gasteiger partial charge is 0.326 e. The summed E-state index contributed by atoms with van der Waals surface area (Å²) in [6.45, 7) is 4.48. The summed E-state index contributed by atoms with van der Waals surface area (Å²) in [6, 6.07) is 16.0. The van der Waals surface area contributed by atoms with E-state index in [9.17, 15) is 4.79 Å². The smallest absolute Gasteiger partial charge is 0.306 e. The summed E-state index contributed by atoms with van der Waals surface area (Å²) in [7, 11) is 0. The molecule has 1 N–H and O–H groups in total. The number of nitrogens with zero attached hydrogens (tertiary/aromatic N) is 2. The number of aryl methyl sites for hydroxylation is 1. The summed E-state index contributed by atoms with van der Waals surface area (Å²) in [4.78, 5) is 18.3. The first kappa shape index (κ1) is 17.5. The van der Waals surface area contributed by atoms with Gasteiger partial charge >= 0.3 is 5.69 Å². The van der Waals surface area contributed by atoms with E-state index in [2.05, 4.69) is 41.1 Å². The third-order valence-corrected chi connectivity index (χ3v) is 7.96. The number of para-hydroxylation sites is 2. The maximum absolute atomic E-state index is 12.6. The highest BCUT2D eigenvalue weighted by molar-refractivity contribution is 5.75. The summed E-state index contributed by atoms with van der Waals surface area (Å²) in [5.41, 5.74) is 7.20. The van der Waals surface area contributed by atoms with Gasteiger partial charge in [0.25, 0.3) is 0 Å². The lowest BCUT2D eigenvalue weighted by Crippen LogP contribution is -2.41. The van der Waals surface area contributed by atoms with Crippen molar-refractivity contribution in [1.82, 2.24) is 14.5 Å². The van der Waals surface area contributed by atoms with Gasteiger partial charge < -0.3 is 4.98 Å². The Morgan fingerprint density at radius 2 is 1.90 bits per heavy atom. The number of likely N-dealkylation sites (tertiary alicyclic amines) is 1. The second-order valence-electron chi connectivity index (χ2n) is 9.42. The van der Waals surface area contributed by atoms with Crippen molar-refractivity contribution in [3.63, 3.8) is 0 Å². The van der Waals surface area contributed by atoms with Crippen LogP contribution in [0.5, 0.6) is 0 Å². The predicted molar refractivity (Wildman–Crippen MR) is 117 cm³/mol. The molecular weight excluding hydrogens is 358 g/mol. The van der Waals surface area contributed by atoms with Gasteiger partial charge in [0.15, 0.2) is 0 Å².